The van der Waals surface area contributed by atoms with Crippen LogP contribution < -0.4 is 16.4 Å². The summed E-state index contributed by atoms with van der Waals surface area (Å²) in [6.07, 6.45) is 4.70. The van der Waals surface area contributed by atoms with E-state index in [1.54, 1.807) is 18.2 Å². The van der Waals surface area contributed by atoms with Crippen LogP contribution in [0.15, 0.2) is 18.2 Å². The first-order valence-electron chi connectivity index (χ1n) is 8.17. The topological polar surface area (TPSA) is 84.2 Å². The Morgan fingerprint density at radius 3 is 2.65 bits per heavy atom. The van der Waals surface area contributed by atoms with Crippen molar-refractivity contribution in [1.82, 2.24) is 5.32 Å². The molecule has 0 spiro atoms. The molecule has 2 fully saturated rings. The van der Waals surface area contributed by atoms with E-state index in [1.165, 1.54) is 12.8 Å². The normalized spacial score (nSPS) is 23.6. The van der Waals surface area contributed by atoms with Gasteiger partial charge in [-0.25, -0.2) is 0 Å². The SMILES string of the molecule is NC1CCC(C(=O)Nc2ccc(Cl)cc2C(=O)NCC2CC2)C1. The van der Waals surface area contributed by atoms with Crippen molar-refractivity contribution in [3.63, 3.8) is 0 Å². The Labute approximate surface area is 141 Å². The first-order valence-corrected chi connectivity index (χ1v) is 8.55. The molecule has 124 valence electrons. The highest BCUT2D eigenvalue weighted by Crippen LogP contribution is 2.29. The number of amides is 2. The fraction of sp³-hybridized carbons (Fsp3) is 0.529. The van der Waals surface area contributed by atoms with Gasteiger partial charge in [0.05, 0.1) is 11.3 Å². The Hall–Kier alpha value is -1.59. The highest BCUT2D eigenvalue weighted by molar-refractivity contribution is 6.31. The minimum atomic E-state index is -0.196. The maximum Gasteiger partial charge on any atom is 0.253 e. The van der Waals surface area contributed by atoms with Crippen molar-refractivity contribution in [2.45, 2.75) is 38.1 Å². The first kappa shape index (κ1) is 16.3. The van der Waals surface area contributed by atoms with Crippen LogP contribution in [0, 0.1) is 11.8 Å². The minimum Gasteiger partial charge on any atom is -0.352 e. The Kier molecular flexibility index (Phi) is 4.87. The van der Waals surface area contributed by atoms with E-state index < -0.39 is 0 Å². The van der Waals surface area contributed by atoms with E-state index in [4.69, 9.17) is 17.3 Å². The van der Waals surface area contributed by atoms with Gasteiger partial charge in [-0.1, -0.05) is 11.6 Å². The lowest BCUT2D eigenvalue weighted by molar-refractivity contribution is -0.119. The first-order chi connectivity index (χ1) is 11.0. The third-order valence-corrected chi connectivity index (χ3v) is 4.81. The molecule has 4 N–H and O–H groups in total. The predicted molar refractivity (Wildman–Crippen MR) is 90.5 cm³/mol. The van der Waals surface area contributed by atoms with Gasteiger partial charge < -0.3 is 16.4 Å². The summed E-state index contributed by atoms with van der Waals surface area (Å²) in [5, 5.41) is 6.25. The molecule has 2 aliphatic carbocycles. The van der Waals surface area contributed by atoms with Crippen LogP contribution in [0.4, 0.5) is 5.69 Å². The third-order valence-electron chi connectivity index (χ3n) is 4.58. The monoisotopic (exact) mass is 335 g/mol. The van der Waals surface area contributed by atoms with E-state index in [0.717, 1.165) is 12.8 Å². The van der Waals surface area contributed by atoms with Crippen molar-refractivity contribution in [1.29, 1.82) is 0 Å². The number of hydrogen-bond acceptors (Lipinski definition) is 3. The number of benzene rings is 1. The summed E-state index contributed by atoms with van der Waals surface area (Å²) in [7, 11) is 0. The lowest BCUT2D eigenvalue weighted by Gasteiger charge is -2.14. The number of carbonyl (C=O) groups excluding carboxylic acids is 2. The zero-order valence-electron chi connectivity index (χ0n) is 13.0. The van der Waals surface area contributed by atoms with Crippen LogP contribution in [0.3, 0.4) is 0 Å². The summed E-state index contributed by atoms with van der Waals surface area (Å²) in [6.45, 7) is 0.677. The average molecular weight is 336 g/mol. The summed E-state index contributed by atoms with van der Waals surface area (Å²) in [4.78, 5) is 24.7. The number of halogens is 1. The Balaban J connectivity index is 1.70. The maximum atomic E-state index is 12.4. The van der Waals surface area contributed by atoms with Gasteiger partial charge in [-0.3, -0.25) is 9.59 Å². The van der Waals surface area contributed by atoms with Gasteiger partial charge >= 0.3 is 0 Å². The van der Waals surface area contributed by atoms with Crippen LogP contribution in [0.2, 0.25) is 5.02 Å². The van der Waals surface area contributed by atoms with Crippen LogP contribution in [0.5, 0.6) is 0 Å². The fourth-order valence-electron chi connectivity index (χ4n) is 2.96. The van der Waals surface area contributed by atoms with Gasteiger partial charge in [-0.2, -0.15) is 0 Å². The highest BCUT2D eigenvalue weighted by atomic mass is 35.5. The van der Waals surface area contributed by atoms with Crippen molar-refractivity contribution in [2.24, 2.45) is 17.6 Å². The molecule has 0 aromatic heterocycles. The lowest BCUT2D eigenvalue weighted by atomic mass is 10.1. The van der Waals surface area contributed by atoms with Crippen molar-refractivity contribution in [2.75, 3.05) is 11.9 Å². The number of anilines is 1. The zero-order chi connectivity index (χ0) is 16.4. The molecule has 0 aliphatic heterocycles. The largest absolute Gasteiger partial charge is 0.352 e. The Morgan fingerprint density at radius 2 is 2.00 bits per heavy atom. The fourth-order valence-corrected chi connectivity index (χ4v) is 3.13. The number of hydrogen-bond donors (Lipinski definition) is 3. The lowest BCUT2D eigenvalue weighted by Crippen LogP contribution is -2.28. The van der Waals surface area contributed by atoms with Crippen LogP contribution in [-0.4, -0.2) is 24.4 Å². The van der Waals surface area contributed by atoms with Crippen LogP contribution in [0.1, 0.15) is 42.5 Å². The Bertz CT molecular complexity index is 616. The van der Waals surface area contributed by atoms with Gasteiger partial charge in [0.15, 0.2) is 0 Å². The molecule has 2 aliphatic rings. The molecule has 2 saturated carbocycles. The highest BCUT2D eigenvalue weighted by Gasteiger charge is 2.28. The van der Waals surface area contributed by atoms with E-state index in [1.807, 2.05) is 0 Å². The summed E-state index contributed by atoms with van der Waals surface area (Å²) in [6, 6.07) is 5.05. The molecule has 0 heterocycles. The number of nitrogens with two attached hydrogens (primary N) is 1. The molecule has 23 heavy (non-hydrogen) atoms. The van der Waals surface area contributed by atoms with Gasteiger partial charge in [-0.05, 0) is 56.2 Å². The summed E-state index contributed by atoms with van der Waals surface area (Å²) < 4.78 is 0. The zero-order valence-corrected chi connectivity index (χ0v) is 13.7. The minimum absolute atomic E-state index is 0.0727. The van der Waals surface area contributed by atoms with E-state index in [-0.39, 0.29) is 23.8 Å². The molecule has 0 saturated heterocycles. The molecular formula is C17H22ClN3O2. The molecule has 6 heteroatoms. The molecule has 5 nitrogen and oxygen atoms in total. The van der Waals surface area contributed by atoms with Gasteiger partial charge in [0.2, 0.25) is 5.91 Å². The molecule has 2 amide bonds. The third kappa shape index (κ3) is 4.24. The predicted octanol–water partition coefficient (Wildman–Crippen LogP) is 2.55. The number of carbonyl (C=O) groups is 2. The molecule has 3 rings (SSSR count). The van der Waals surface area contributed by atoms with Crippen LogP contribution in [0.25, 0.3) is 0 Å². The quantitative estimate of drug-likeness (QED) is 0.773. The summed E-state index contributed by atoms with van der Waals surface area (Å²) in [5.41, 5.74) is 6.78. The number of nitrogens with one attached hydrogen (secondary N) is 2. The molecule has 2 atom stereocenters. The molecule has 0 bridgehead atoms. The molecule has 1 aromatic rings. The molecule has 2 unspecified atom stereocenters. The average Bonchev–Trinajstić information content (AvgIpc) is 3.26. The summed E-state index contributed by atoms with van der Waals surface area (Å²) in [5.74, 6) is 0.244. The van der Waals surface area contributed by atoms with Crippen LogP contribution in [-0.2, 0) is 4.79 Å². The van der Waals surface area contributed by atoms with Crippen molar-refractivity contribution < 1.29 is 9.59 Å². The maximum absolute atomic E-state index is 12.4. The van der Waals surface area contributed by atoms with Gasteiger partial charge in [0, 0.05) is 23.5 Å². The smallest absolute Gasteiger partial charge is 0.253 e. The van der Waals surface area contributed by atoms with Crippen molar-refractivity contribution in [3.05, 3.63) is 28.8 Å². The van der Waals surface area contributed by atoms with Gasteiger partial charge in [0.1, 0.15) is 0 Å². The second-order valence-corrected chi connectivity index (χ2v) is 7.04. The molecule has 1 aromatic carbocycles. The molecular weight excluding hydrogens is 314 g/mol. The van der Waals surface area contributed by atoms with Crippen LogP contribution >= 0.6 is 11.6 Å². The second kappa shape index (κ2) is 6.89. The van der Waals surface area contributed by atoms with Gasteiger partial charge in [0.25, 0.3) is 5.91 Å². The number of rotatable bonds is 5. The Morgan fingerprint density at radius 1 is 1.22 bits per heavy atom. The summed E-state index contributed by atoms with van der Waals surface area (Å²) >= 11 is 6.01. The van der Waals surface area contributed by atoms with E-state index in [0.29, 0.717) is 35.2 Å². The van der Waals surface area contributed by atoms with E-state index in [2.05, 4.69) is 10.6 Å². The second-order valence-electron chi connectivity index (χ2n) is 6.60. The van der Waals surface area contributed by atoms with E-state index >= 15 is 0 Å². The molecule has 0 radical (unpaired) electrons. The van der Waals surface area contributed by atoms with Crippen molar-refractivity contribution in [3.8, 4) is 0 Å². The standard InChI is InChI=1S/C17H22ClN3O2/c18-12-4-6-15(21-16(22)11-3-5-13(19)7-11)14(8-12)17(23)20-9-10-1-2-10/h4,6,8,10-11,13H,1-3,5,7,9,19H2,(H,20,23)(H,21,22). The van der Waals surface area contributed by atoms with Crippen molar-refractivity contribution >= 4 is 29.1 Å². The van der Waals surface area contributed by atoms with E-state index in [9.17, 15) is 9.59 Å². The van der Waals surface area contributed by atoms with Gasteiger partial charge in [-0.15, -0.1) is 0 Å².